The van der Waals surface area contributed by atoms with Crippen LogP contribution in [0.1, 0.15) is 18.4 Å². The van der Waals surface area contributed by atoms with Crippen molar-refractivity contribution in [2.24, 2.45) is 0 Å². The molecule has 2 rings (SSSR count). The van der Waals surface area contributed by atoms with Gasteiger partial charge in [-0.25, -0.2) is 4.79 Å². The third kappa shape index (κ3) is 1.49. The highest BCUT2D eigenvalue weighted by atomic mass is 16.7. The maximum Gasteiger partial charge on any atom is 0.506 e. The lowest BCUT2D eigenvalue weighted by Crippen LogP contribution is -2.15. The normalized spacial score (nSPS) is 17.8. The summed E-state index contributed by atoms with van der Waals surface area (Å²) in [7, 11) is 0. The monoisotopic (exact) mass is 178 g/mol. The van der Waals surface area contributed by atoms with Crippen LogP contribution in [0.2, 0.25) is 0 Å². The number of benzene rings is 1. The molecule has 1 aliphatic rings. The van der Waals surface area contributed by atoms with Crippen molar-refractivity contribution in [1.29, 1.82) is 0 Å². The fourth-order valence-electron chi connectivity index (χ4n) is 1.47. The molecule has 0 saturated heterocycles. The molecule has 0 aliphatic heterocycles. The summed E-state index contributed by atoms with van der Waals surface area (Å²) in [6.45, 7) is 0. The van der Waals surface area contributed by atoms with Crippen molar-refractivity contribution in [3.8, 4) is 0 Å². The third-order valence-electron chi connectivity index (χ3n) is 2.29. The largest absolute Gasteiger partial charge is 0.506 e. The second kappa shape index (κ2) is 2.76. The van der Waals surface area contributed by atoms with Crippen molar-refractivity contribution in [3.05, 3.63) is 35.9 Å². The first kappa shape index (κ1) is 8.10. The Morgan fingerprint density at radius 1 is 1.31 bits per heavy atom. The fourth-order valence-corrected chi connectivity index (χ4v) is 1.47. The summed E-state index contributed by atoms with van der Waals surface area (Å²) in [6.07, 6.45) is 0.397. The first-order valence-corrected chi connectivity index (χ1v) is 4.20. The number of hydrogen-bond acceptors (Lipinski definition) is 2. The summed E-state index contributed by atoms with van der Waals surface area (Å²) >= 11 is 0. The number of rotatable bonds is 2. The molecule has 3 heteroatoms. The minimum Gasteiger partial charge on any atom is -0.450 e. The summed E-state index contributed by atoms with van der Waals surface area (Å²) in [5.74, 6) is 0. The Hall–Kier alpha value is -1.51. The van der Waals surface area contributed by atoms with Gasteiger partial charge in [-0.15, -0.1) is 0 Å². The lowest BCUT2D eigenvalue weighted by Gasteiger charge is -2.13. The van der Waals surface area contributed by atoms with Gasteiger partial charge in [0, 0.05) is 0 Å². The van der Waals surface area contributed by atoms with Gasteiger partial charge in [0.1, 0.15) is 5.60 Å². The Balaban J connectivity index is 2.21. The maximum atomic E-state index is 10.4. The van der Waals surface area contributed by atoms with Crippen LogP contribution in [-0.2, 0) is 10.3 Å². The van der Waals surface area contributed by atoms with E-state index in [2.05, 4.69) is 0 Å². The van der Waals surface area contributed by atoms with Crippen LogP contribution in [0.5, 0.6) is 0 Å². The number of ether oxygens (including phenoxy) is 1. The van der Waals surface area contributed by atoms with E-state index < -0.39 is 11.8 Å². The molecule has 1 fully saturated rings. The van der Waals surface area contributed by atoms with E-state index in [9.17, 15) is 4.79 Å². The van der Waals surface area contributed by atoms with Gasteiger partial charge in [0.05, 0.1) is 0 Å². The highest BCUT2D eigenvalue weighted by molar-refractivity contribution is 5.58. The lowest BCUT2D eigenvalue weighted by molar-refractivity contribution is 0.0375. The molecule has 0 bridgehead atoms. The highest BCUT2D eigenvalue weighted by Crippen LogP contribution is 2.49. The highest BCUT2D eigenvalue weighted by Gasteiger charge is 2.48. The van der Waals surface area contributed by atoms with Crippen LogP contribution in [0.25, 0.3) is 0 Å². The first-order chi connectivity index (χ1) is 6.23. The van der Waals surface area contributed by atoms with Crippen LogP contribution in [0.3, 0.4) is 0 Å². The average molecular weight is 178 g/mol. The third-order valence-corrected chi connectivity index (χ3v) is 2.29. The molecular formula is C10H10O3. The predicted octanol–water partition coefficient (Wildman–Crippen LogP) is 2.37. The van der Waals surface area contributed by atoms with Crippen LogP contribution in [0.15, 0.2) is 30.3 Å². The lowest BCUT2D eigenvalue weighted by atomic mass is 10.1. The van der Waals surface area contributed by atoms with E-state index in [-0.39, 0.29) is 0 Å². The Morgan fingerprint density at radius 3 is 2.38 bits per heavy atom. The van der Waals surface area contributed by atoms with E-state index in [0.29, 0.717) is 0 Å². The van der Waals surface area contributed by atoms with Crippen LogP contribution >= 0.6 is 0 Å². The Labute approximate surface area is 76.0 Å². The van der Waals surface area contributed by atoms with Gasteiger partial charge in [-0.3, -0.25) is 0 Å². The zero-order valence-corrected chi connectivity index (χ0v) is 7.06. The molecular weight excluding hydrogens is 168 g/mol. The molecule has 1 saturated carbocycles. The molecule has 13 heavy (non-hydrogen) atoms. The van der Waals surface area contributed by atoms with Gasteiger partial charge in [0.15, 0.2) is 0 Å². The van der Waals surface area contributed by atoms with E-state index >= 15 is 0 Å². The second-order valence-electron chi connectivity index (χ2n) is 3.23. The molecule has 1 aliphatic carbocycles. The average Bonchev–Trinajstić information content (AvgIpc) is 2.86. The molecule has 0 heterocycles. The summed E-state index contributed by atoms with van der Waals surface area (Å²) in [4.78, 5) is 10.4. The van der Waals surface area contributed by atoms with E-state index in [1.54, 1.807) is 0 Å². The number of carboxylic acid groups (broad SMARTS) is 1. The maximum absolute atomic E-state index is 10.4. The summed E-state index contributed by atoms with van der Waals surface area (Å²) in [6, 6.07) is 9.48. The van der Waals surface area contributed by atoms with E-state index in [1.165, 1.54) is 0 Å². The van der Waals surface area contributed by atoms with Gasteiger partial charge >= 0.3 is 6.16 Å². The standard InChI is InChI=1S/C10H10O3/c11-9(12)13-10(6-7-10)8-4-2-1-3-5-8/h1-5H,6-7H2,(H,11,12). The molecule has 0 atom stereocenters. The van der Waals surface area contributed by atoms with Gasteiger partial charge in [0.2, 0.25) is 0 Å². The SMILES string of the molecule is O=C(O)OC1(c2ccccc2)CC1. The summed E-state index contributed by atoms with van der Waals surface area (Å²) in [5, 5.41) is 8.53. The minimum absolute atomic E-state index is 0.535. The molecule has 0 spiro atoms. The molecule has 0 aromatic heterocycles. The van der Waals surface area contributed by atoms with Crippen molar-refractivity contribution in [2.75, 3.05) is 0 Å². The first-order valence-electron chi connectivity index (χ1n) is 4.20. The van der Waals surface area contributed by atoms with Crippen LogP contribution in [0, 0.1) is 0 Å². The molecule has 1 aromatic carbocycles. The van der Waals surface area contributed by atoms with E-state index in [0.717, 1.165) is 18.4 Å². The van der Waals surface area contributed by atoms with Crippen molar-refractivity contribution in [3.63, 3.8) is 0 Å². The number of carbonyl (C=O) groups is 1. The van der Waals surface area contributed by atoms with Crippen LogP contribution < -0.4 is 0 Å². The zero-order chi connectivity index (χ0) is 9.31. The molecule has 1 aromatic rings. The smallest absolute Gasteiger partial charge is 0.450 e. The number of hydrogen-bond donors (Lipinski definition) is 1. The van der Waals surface area contributed by atoms with Crippen molar-refractivity contribution in [2.45, 2.75) is 18.4 Å². The van der Waals surface area contributed by atoms with Crippen molar-refractivity contribution < 1.29 is 14.6 Å². The predicted molar refractivity (Wildman–Crippen MR) is 46.5 cm³/mol. The Morgan fingerprint density at radius 2 is 1.92 bits per heavy atom. The van der Waals surface area contributed by atoms with E-state index in [1.807, 2.05) is 30.3 Å². The van der Waals surface area contributed by atoms with Crippen molar-refractivity contribution in [1.82, 2.24) is 0 Å². The van der Waals surface area contributed by atoms with Gasteiger partial charge in [-0.2, -0.15) is 0 Å². The van der Waals surface area contributed by atoms with E-state index in [4.69, 9.17) is 9.84 Å². The molecule has 1 N–H and O–H groups in total. The van der Waals surface area contributed by atoms with Crippen LogP contribution in [-0.4, -0.2) is 11.3 Å². The summed E-state index contributed by atoms with van der Waals surface area (Å²) in [5.41, 5.74) is 0.421. The fraction of sp³-hybridized carbons (Fsp3) is 0.300. The minimum atomic E-state index is -1.19. The molecule has 68 valence electrons. The van der Waals surface area contributed by atoms with Gasteiger partial charge in [-0.1, -0.05) is 30.3 Å². The quantitative estimate of drug-likeness (QED) is 0.707. The van der Waals surface area contributed by atoms with Gasteiger partial charge < -0.3 is 9.84 Å². The topological polar surface area (TPSA) is 46.5 Å². The molecule has 0 unspecified atom stereocenters. The zero-order valence-electron chi connectivity index (χ0n) is 7.06. The van der Waals surface area contributed by atoms with Crippen molar-refractivity contribution >= 4 is 6.16 Å². The molecule has 0 amide bonds. The molecule has 0 radical (unpaired) electrons. The second-order valence-corrected chi connectivity index (χ2v) is 3.23. The van der Waals surface area contributed by atoms with Gasteiger partial charge in [0.25, 0.3) is 0 Å². The molecule has 3 nitrogen and oxygen atoms in total. The Kier molecular flexibility index (Phi) is 1.72. The summed E-state index contributed by atoms with van der Waals surface area (Å²) < 4.78 is 4.85. The van der Waals surface area contributed by atoms with Gasteiger partial charge in [-0.05, 0) is 18.4 Å². The van der Waals surface area contributed by atoms with Crippen LogP contribution in [0.4, 0.5) is 4.79 Å². The Bertz CT molecular complexity index is 314.